The minimum absolute atomic E-state index is 0.0917. The number of Topliss-reactive ketones (excluding diaryl/α,β-unsaturated/α-hetero) is 1. The Morgan fingerprint density at radius 3 is 2.41 bits per heavy atom. The van der Waals surface area contributed by atoms with Gasteiger partial charge >= 0.3 is 0 Å². The van der Waals surface area contributed by atoms with Gasteiger partial charge in [-0.25, -0.2) is 0 Å². The molecule has 0 N–H and O–H groups in total. The van der Waals surface area contributed by atoms with Gasteiger partial charge in [0.05, 0.1) is 11.7 Å². The highest BCUT2D eigenvalue weighted by molar-refractivity contribution is 5.98. The first-order chi connectivity index (χ1) is 8.00. The van der Waals surface area contributed by atoms with Crippen LogP contribution < -0.4 is 4.74 Å². The molecule has 0 radical (unpaired) electrons. The molecule has 1 rings (SSSR count). The third-order valence-electron chi connectivity index (χ3n) is 2.50. The van der Waals surface area contributed by atoms with Crippen molar-refractivity contribution in [3.05, 3.63) is 29.8 Å². The van der Waals surface area contributed by atoms with Crippen molar-refractivity contribution in [1.82, 2.24) is 0 Å². The first-order valence-electron chi connectivity index (χ1n) is 6.29. The third-order valence-corrected chi connectivity index (χ3v) is 2.50. The van der Waals surface area contributed by atoms with Gasteiger partial charge in [0, 0.05) is 6.42 Å². The van der Waals surface area contributed by atoms with Crippen LogP contribution in [0, 0.1) is 5.92 Å². The normalized spacial score (nSPS) is 10.9. The van der Waals surface area contributed by atoms with Crippen molar-refractivity contribution < 1.29 is 9.53 Å². The topological polar surface area (TPSA) is 26.3 Å². The molecule has 0 fully saturated rings. The van der Waals surface area contributed by atoms with E-state index in [9.17, 15) is 4.79 Å². The van der Waals surface area contributed by atoms with Crippen molar-refractivity contribution in [1.29, 1.82) is 0 Å². The molecular formula is C15H22O2. The Balaban J connectivity index is 2.78. The summed E-state index contributed by atoms with van der Waals surface area (Å²) < 4.78 is 5.65. The lowest BCUT2D eigenvalue weighted by molar-refractivity contribution is 0.0969. The molecule has 2 nitrogen and oxygen atoms in total. The number of carbonyl (C=O) groups excluding carboxylic acids is 1. The fourth-order valence-electron chi connectivity index (χ4n) is 1.61. The lowest BCUT2D eigenvalue weighted by Crippen LogP contribution is -2.10. The number of carbonyl (C=O) groups is 1. The van der Waals surface area contributed by atoms with Crippen molar-refractivity contribution in [3.8, 4) is 5.75 Å². The summed E-state index contributed by atoms with van der Waals surface area (Å²) in [6.07, 6.45) is 1.61. The molecular weight excluding hydrogens is 212 g/mol. The zero-order valence-corrected chi connectivity index (χ0v) is 11.2. The Labute approximate surface area is 104 Å². The smallest absolute Gasteiger partial charge is 0.166 e. The maximum Gasteiger partial charge on any atom is 0.166 e. The van der Waals surface area contributed by atoms with Gasteiger partial charge in [-0.2, -0.15) is 0 Å². The Kier molecular flexibility index (Phi) is 5.20. The molecule has 0 aliphatic rings. The van der Waals surface area contributed by atoms with Crippen LogP contribution in [0.15, 0.2) is 24.3 Å². The van der Waals surface area contributed by atoms with Crippen LogP contribution in [0.2, 0.25) is 0 Å². The van der Waals surface area contributed by atoms with E-state index < -0.39 is 0 Å². The molecule has 94 valence electrons. The molecule has 0 atom stereocenters. The first kappa shape index (κ1) is 13.8. The maximum atomic E-state index is 12.1. The largest absolute Gasteiger partial charge is 0.490 e. The molecule has 0 unspecified atom stereocenters. The van der Waals surface area contributed by atoms with E-state index >= 15 is 0 Å². The fraction of sp³-hybridized carbons (Fsp3) is 0.533. The molecule has 0 saturated carbocycles. The van der Waals surface area contributed by atoms with Crippen LogP contribution in [0.3, 0.4) is 0 Å². The van der Waals surface area contributed by atoms with Crippen LogP contribution in [0.25, 0.3) is 0 Å². The summed E-state index contributed by atoms with van der Waals surface area (Å²) in [7, 11) is 0. The first-order valence-corrected chi connectivity index (χ1v) is 6.29. The Hall–Kier alpha value is -1.31. The quantitative estimate of drug-likeness (QED) is 0.693. The van der Waals surface area contributed by atoms with Crippen LogP contribution in [-0.4, -0.2) is 11.9 Å². The van der Waals surface area contributed by atoms with E-state index in [1.807, 2.05) is 38.1 Å². The molecule has 0 aliphatic carbocycles. The Bertz CT molecular complexity index is 367. The average Bonchev–Trinajstić information content (AvgIpc) is 2.25. The predicted molar refractivity (Wildman–Crippen MR) is 70.6 cm³/mol. The number of rotatable bonds is 6. The maximum absolute atomic E-state index is 12.1. The van der Waals surface area contributed by atoms with Crippen molar-refractivity contribution in [2.75, 3.05) is 0 Å². The zero-order chi connectivity index (χ0) is 12.8. The summed E-state index contributed by atoms with van der Waals surface area (Å²) in [5.41, 5.74) is 0.710. The minimum Gasteiger partial charge on any atom is -0.490 e. The average molecular weight is 234 g/mol. The van der Waals surface area contributed by atoms with E-state index in [-0.39, 0.29) is 11.9 Å². The van der Waals surface area contributed by atoms with E-state index in [0.717, 1.165) is 6.42 Å². The van der Waals surface area contributed by atoms with Crippen LogP contribution in [-0.2, 0) is 0 Å². The lowest BCUT2D eigenvalue weighted by atomic mass is 10.0. The number of hydrogen-bond acceptors (Lipinski definition) is 2. The lowest BCUT2D eigenvalue weighted by Gasteiger charge is -2.13. The predicted octanol–water partition coefficient (Wildman–Crippen LogP) is 4.09. The molecule has 1 aromatic carbocycles. The molecule has 1 aromatic rings. The van der Waals surface area contributed by atoms with Gasteiger partial charge in [0.25, 0.3) is 0 Å². The van der Waals surface area contributed by atoms with E-state index in [0.29, 0.717) is 23.7 Å². The summed E-state index contributed by atoms with van der Waals surface area (Å²) in [5.74, 6) is 1.43. The monoisotopic (exact) mass is 234 g/mol. The number of hydrogen-bond donors (Lipinski definition) is 0. The van der Waals surface area contributed by atoms with Crippen molar-refractivity contribution >= 4 is 5.78 Å². The zero-order valence-electron chi connectivity index (χ0n) is 11.2. The third kappa shape index (κ3) is 4.59. The highest BCUT2D eigenvalue weighted by Crippen LogP contribution is 2.22. The van der Waals surface area contributed by atoms with Crippen LogP contribution in [0.1, 0.15) is 50.9 Å². The second-order valence-corrected chi connectivity index (χ2v) is 5.02. The van der Waals surface area contributed by atoms with Crippen LogP contribution in [0.5, 0.6) is 5.75 Å². The van der Waals surface area contributed by atoms with Crippen molar-refractivity contribution in [2.45, 2.75) is 46.6 Å². The van der Waals surface area contributed by atoms with Gasteiger partial charge in [-0.15, -0.1) is 0 Å². The van der Waals surface area contributed by atoms with E-state index in [2.05, 4.69) is 13.8 Å². The minimum atomic E-state index is 0.0917. The summed E-state index contributed by atoms with van der Waals surface area (Å²) in [6.45, 7) is 8.19. The fourth-order valence-corrected chi connectivity index (χ4v) is 1.61. The van der Waals surface area contributed by atoms with E-state index in [4.69, 9.17) is 4.74 Å². The molecule has 0 aliphatic heterocycles. The molecule has 0 heterocycles. The number of ether oxygens (including phenoxy) is 1. The van der Waals surface area contributed by atoms with Gasteiger partial charge in [-0.3, -0.25) is 4.79 Å². The molecule has 0 saturated heterocycles. The summed E-state index contributed by atoms with van der Waals surface area (Å²) in [6, 6.07) is 7.50. The highest BCUT2D eigenvalue weighted by Gasteiger charge is 2.13. The Morgan fingerprint density at radius 2 is 1.82 bits per heavy atom. The van der Waals surface area contributed by atoms with Gasteiger partial charge in [0.15, 0.2) is 5.78 Å². The second kappa shape index (κ2) is 6.43. The van der Waals surface area contributed by atoms with E-state index in [1.165, 1.54) is 0 Å². The van der Waals surface area contributed by atoms with Crippen LogP contribution >= 0.6 is 0 Å². The van der Waals surface area contributed by atoms with Crippen molar-refractivity contribution in [2.24, 2.45) is 5.92 Å². The summed E-state index contributed by atoms with van der Waals surface area (Å²) in [4.78, 5) is 12.1. The molecule has 0 spiro atoms. The van der Waals surface area contributed by atoms with E-state index in [1.54, 1.807) is 0 Å². The number of para-hydroxylation sites is 1. The van der Waals surface area contributed by atoms with Gasteiger partial charge < -0.3 is 4.74 Å². The van der Waals surface area contributed by atoms with Gasteiger partial charge in [0.2, 0.25) is 0 Å². The highest BCUT2D eigenvalue weighted by atomic mass is 16.5. The van der Waals surface area contributed by atoms with Gasteiger partial charge in [-0.1, -0.05) is 26.0 Å². The number of ketones is 1. The molecule has 0 amide bonds. The van der Waals surface area contributed by atoms with Gasteiger partial charge in [-0.05, 0) is 38.3 Å². The standard InChI is InChI=1S/C15H22O2/c1-11(2)9-10-14(16)13-7-5-6-8-15(13)17-12(3)4/h5-8,11-12H,9-10H2,1-4H3. The van der Waals surface area contributed by atoms with Crippen LogP contribution in [0.4, 0.5) is 0 Å². The molecule has 17 heavy (non-hydrogen) atoms. The van der Waals surface area contributed by atoms with Gasteiger partial charge in [0.1, 0.15) is 5.75 Å². The second-order valence-electron chi connectivity index (χ2n) is 5.02. The van der Waals surface area contributed by atoms with Crippen molar-refractivity contribution in [3.63, 3.8) is 0 Å². The molecule has 0 bridgehead atoms. The number of benzene rings is 1. The molecule has 2 heteroatoms. The SMILES string of the molecule is CC(C)CCC(=O)c1ccccc1OC(C)C. The summed E-state index contributed by atoms with van der Waals surface area (Å²) in [5, 5.41) is 0. The molecule has 0 aromatic heterocycles. The summed E-state index contributed by atoms with van der Waals surface area (Å²) >= 11 is 0. The Morgan fingerprint density at radius 1 is 1.18 bits per heavy atom.